The summed E-state index contributed by atoms with van der Waals surface area (Å²) in [6.45, 7) is 3.72. The number of piperazine rings is 1. The van der Waals surface area contributed by atoms with Crippen LogP contribution in [0.25, 0.3) is 0 Å². The number of nitrogens with two attached hydrogens (primary N) is 1. The summed E-state index contributed by atoms with van der Waals surface area (Å²) >= 11 is 6.16. The van der Waals surface area contributed by atoms with Gasteiger partial charge < -0.3 is 20.1 Å². The van der Waals surface area contributed by atoms with Crippen LogP contribution in [-0.4, -0.2) is 54.9 Å². The molecule has 0 atom stereocenters. The molecule has 2 amide bonds. The second-order valence-corrected chi connectivity index (χ2v) is 8.81. The van der Waals surface area contributed by atoms with E-state index >= 15 is 0 Å². The summed E-state index contributed by atoms with van der Waals surface area (Å²) in [6.07, 6.45) is 0. The van der Waals surface area contributed by atoms with E-state index in [2.05, 4.69) is 4.90 Å². The lowest BCUT2D eigenvalue weighted by Crippen LogP contribution is -2.48. The van der Waals surface area contributed by atoms with Gasteiger partial charge in [0.2, 0.25) is 0 Å². The van der Waals surface area contributed by atoms with Crippen molar-refractivity contribution < 1.29 is 19.1 Å². The van der Waals surface area contributed by atoms with Gasteiger partial charge in [-0.2, -0.15) is 0 Å². The molecule has 3 aromatic rings. The molecule has 0 aliphatic carbocycles. The van der Waals surface area contributed by atoms with Crippen molar-refractivity contribution in [1.29, 1.82) is 0 Å². The topological polar surface area (TPSA) is 85.1 Å². The molecule has 3 aromatic carbocycles. The number of methoxy groups -OCH3 is 1. The summed E-state index contributed by atoms with van der Waals surface area (Å²) in [5.74, 6) is 0.677. The van der Waals surface area contributed by atoms with Crippen molar-refractivity contribution in [3.8, 4) is 11.5 Å². The van der Waals surface area contributed by atoms with E-state index in [4.69, 9.17) is 26.8 Å². The number of rotatable bonds is 8. The zero-order valence-electron chi connectivity index (χ0n) is 19.6. The molecule has 0 aromatic heterocycles. The Morgan fingerprint density at radius 3 is 2.46 bits per heavy atom. The molecule has 0 saturated carbocycles. The smallest absolute Gasteiger partial charge is 0.253 e. The molecule has 2 N–H and O–H groups in total. The van der Waals surface area contributed by atoms with Gasteiger partial charge in [-0.3, -0.25) is 14.5 Å². The average molecular weight is 494 g/mol. The van der Waals surface area contributed by atoms with Crippen LogP contribution in [0.15, 0.2) is 66.7 Å². The monoisotopic (exact) mass is 493 g/mol. The van der Waals surface area contributed by atoms with Crippen LogP contribution < -0.4 is 15.2 Å². The van der Waals surface area contributed by atoms with E-state index < -0.39 is 5.91 Å². The third kappa shape index (κ3) is 6.12. The quantitative estimate of drug-likeness (QED) is 0.513. The zero-order chi connectivity index (χ0) is 24.8. The lowest BCUT2D eigenvalue weighted by molar-refractivity contribution is 0.0627. The van der Waals surface area contributed by atoms with Crippen LogP contribution in [0.3, 0.4) is 0 Å². The largest absolute Gasteiger partial charge is 0.496 e. The Kier molecular flexibility index (Phi) is 7.90. The molecular formula is C27H28ClN3O4. The molecule has 0 bridgehead atoms. The number of primary amides is 1. The standard InChI is InChI=1S/C27H28ClN3O4/c1-34-24-10-9-22(28)16-21(24)17-30-11-13-31(14-12-30)27(33)20-6-4-5-19(15-20)18-35-25-8-3-2-7-23(25)26(29)32/h2-10,15-16H,11-14,17-18H2,1H3,(H2,29,32). The number of benzene rings is 3. The molecule has 1 saturated heterocycles. The summed E-state index contributed by atoms with van der Waals surface area (Å²) in [7, 11) is 1.65. The average Bonchev–Trinajstić information content (AvgIpc) is 2.88. The molecule has 1 fully saturated rings. The summed E-state index contributed by atoms with van der Waals surface area (Å²) in [6, 6.07) is 19.8. The number of hydrogen-bond donors (Lipinski definition) is 1. The summed E-state index contributed by atoms with van der Waals surface area (Å²) in [5, 5.41) is 0.677. The van der Waals surface area contributed by atoms with Crippen molar-refractivity contribution in [2.75, 3.05) is 33.3 Å². The predicted octanol–water partition coefficient (Wildman–Crippen LogP) is 3.98. The van der Waals surface area contributed by atoms with E-state index in [0.29, 0.717) is 41.5 Å². The maximum absolute atomic E-state index is 13.1. The van der Waals surface area contributed by atoms with Gasteiger partial charge in [0, 0.05) is 48.9 Å². The summed E-state index contributed by atoms with van der Waals surface area (Å²) in [4.78, 5) is 28.9. The van der Waals surface area contributed by atoms with Crippen LogP contribution >= 0.6 is 11.6 Å². The highest BCUT2D eigenvalue weighted by molar-refractivity contribution is 6.30. The first-order chi connectivity index (χ1) is 16.9. The van der Waals surface area contributed by atoms with Crippen molar-refractivity contribution in [1.82, 2.24) is 9.80 Å². The van der Waals surface area contributed by atoms with Crippen molar-refractivity contribution in [2.24, 2.45) is 5.73 Å². The maximum atomic E-state index is 13.1. The molecule has 7 nitrogen and oxygen atoms in total. The number of ether oxygens (including phenoxy) is 2. The van der Waals surface area contributed by atoms with Gasteiger partial charge in [-0.25, -0.2) is 0 Å². The van der Waals surface area contributed by atoms with E-state index in [9.17, 15) is 9.59 Å². The summed E-state index contributed by atoms with van der Waals surface area (Å²) < 4.78 is 11.3. The molecule has 35 heavy (non-hydrogen) atoms. The Hall–Kier alpha value is -3.55. The highest BCUT2D eigenvalue weighted by atomic mass is 35.5. The SMILES string of the molecule is COc1ccc(Cl)cc1CN1CCN(C(=O)c2cccc(COc3ccccc3C(N)=O)c2)CC1. The molecule has 1 aliphatic heterocycles. The van der Waals surface area contributed by atoms with Crippen molar-refractivity contribution >= 4 is 23.4 Å². The van der Waals surface area contributed by atoms with E-state index in [1.165, 1.54) is 0 Å². The van der Waals surface area contributed by atoms with Gasteiger partial charge in [-0.1, -0.05) is 35.9 Å². The van der Waals surface area contributed by atoms with Gasteiger partial charge in [-0.05, 0) is 48.0 Å². The molecule has 1 aliphatic rings. The minimum absolute atomic E-state index is 0.00984. The predicted molar refractivity (Wildman–Crippen MR) is 135 cm³/mol. The third-order valence-electron chi connectivity index (χ3n) is 6.02. The van der Waals surface area contributed by atoms with Gasteiger partial charge in [-0.15, -0.1) is 0 Å². The molecule has 4 rings (SSSR count). The number of carbonyl (C=O) groups excluding carboxylic acids is 2. The molecule has 1 heterocycles. The second-order valence-electron chi connectivity index (χ2n) is 8.37. The molecule has 0 spiro atoms. The Bertz CT molecular complexity index is 1210. The Balaban J connectivity index is 1.35. The number of carbonyl (C=O) groups is 2. The number of nitrogens with zero attached hydrogens (tertiary/aromatic N) is 2. The first-order valence-electron chi connectivity index (χ1n) is 11.4. The van der Waals surface area contributed by atoms with Crippen LogP contribution in [-0.2, 0) is 13.2 Å². The Morgan fingerprint density at radius 1 is 0.943 bits per heavy atom. The Labute approximate surface area is 210 Å². The van der Waals surface area contributed by atoms with Crippen molar-refractivity contribution in [3.05, 3.63) is 94.0 Å². The van der Waals surface area contributed by atoms with Crippen LogP contribution in [0.2, 0.25) is 5.02 Å². The van der Waals surface area contributed by atoms with Crippen LogP contribution in [0.4, 0.5) is 0 Å². The lowest BCUT2D eigenvalue weighted by atomic mass is 10.1. The highest BCUT2D eigenvalue weighted by Crippen LogP contribution is 2.25. The number of hydrogen-bond acceptors (Lipinski definition) is 5. The van der Waals surface area contributed by atoms with Gasteiger partial charge >= 0.3 is 0 Å². The van der Waals surface area contributed by atoms with Gasteiger partial charge in [0.05, 0.1) is 12.7 Å². The summed E-state index contributed by atoms with van der Waals surface area (Å²) in [5.41, 5.74) is 8.22. The zero-order valence-corrected chi connectivity index (χ0v) is 20.3. The van der Waals surface area contributed by atoms with E-state index in [1.807, 2.05) is 47.4 Å². The van der Waals surface area contributed by atoms with E-state index in [1.54, 1.807) is 31.4 Å². The van der Waals surface area contributed by atoms with Crippen molar-refractivity contribution in [3.63, 3.8) is 0 Å². The minimum atomic E-state index is -0.544. The normalized spacial score (nSPS) is 13.9. The fourth-order valence-corrected chi connectivity index (χ4v) is 4.35. The first kappa shape index (κ1) is 24.6. The van der Waals surface area contributed by atoms with Crippen molar-refractivity contribution in [2.45, 2.75) is 13.2 Å². The number of para-hydroxylation sites is 1. The minimum Gasteiger partial charge on any atom is -0.496 e. The molecule has 8 heteroatoms. The van der Waals surface area contributed by atoms with Crippen LogP contribution in [0, 0.1) is 0 Å². The van der Waals surface area contributed by atoms with Gasteiger partial charge in [0.15, 0.2) is 0 Å². The fraction of sp³-hybridized carbons (Fsp3) is 0.259. The fourth-order valence-electron chi connectivity index (χ4n) is 4.15. The highest BCUT2D eigenvalue weighted by Gasteiger charge is 2.23. The molecule has 0 unspecified atom stereocenters. The maximum Gasteiger partial charge on any atom is 0.253 e. The van der Waals surface area contributed by atoms with E-state index in [-0.39, 0.29) is 12.5 Å². The first-order valence-corrected chi connectivity index (χ1v) is 11.8. The molecular weight excluding hydrogens is 466 g/mol. The molecule has 0 radical (unpaired) electrons. The number of halogens is 1. The molecule has 182 valence electrons. The Morgan fingerprint density at radius 2 is 1.71 bits per heavy atom. The van der Waals surface area contributed by atoms with Crippen LogP contribution in [0.5, 0.6) is 11.5 Å². The number of amides is 2. The second kappa shape index (κ2) is 11.3. The van der Waals surface area contributed by atoms with Gasteiger partial charge in [0.1, 0.15) is 18.1 Å². The third-order valence-corrected chi connectivity index (χ3v) is 6.25. The van der Waals surface area contributed by atoms with Crippen LogP contribution in [0.1, 0.15) is 31.8 Å². The van der Waals surface area contributed by atoms with E-state index in [0.717, 1.165) is 30.0 Å². The van der Waals surface area contributed by atoms with Gasteiger partial charge in [0.25, 0.3) is 11.8 Å². The lowest BCUT2D eigenvalue weighted by Gasteiger charge is -2.35.